The summed E-state index contributed by atoms with van der Waals surface area (Å²) in [6.45, 7) is 10.4. The van der Waals surface area contributed by atoms with Crippen molar-refractivity contribution in [2.45, 2.75) is 185 Å². The highest BCUT2D eigenvalue weighted by atomic mass is 16.8. The van der Waals surface area contributed by atoms with Gasteiger partial charge in [-0.25, -0.2) is 0 Å². The normalized spacial score (nSPS) is 26.2. The van der Waals surface area contributed by atoms with Gasteiger partial charge in [0.05, 0.1) is 25.3 Å². The number of phenols is 1. The van der Waals surface area contributed by atoms with Gasteiger partial charge in [-0.15, -0.1) is 0 Å². The van der Waals surface area contributed by atoms with Crippen LogP contribution in [0.3, 0.4) is 0 Å². The van der Waals surface area contributed by atoms with E-state index < -0.39 is 95.8 Å². The SMILES string of the molecule is CCCCCC1(CCCCC)O[C@@H]2[C@H](O1)[C@H]1ON(Cc3cccc(C=CCc4ccccc4O)c3)[C@H]3C(=O)O[C@@H]2C[C@@]13C(=O)N[C@@H](C(=O)N[C@H](CO)CCC(=O)OC(C)(C)C)[C@H](C)O. The van der Waals surface area contributed by atoms with Crippen LogP contribution in [-0.2, 0) is 55.9 Å². The van der Waals surface area contributed by atoms with Crippen LogP contribution >= 0.6 is 0 Å². The minimum atomic E-state index is -1.64. The highest BCUT2D eigenvalue weighted by Gasteiger charge is 2.76. The summed E-state index contributed by atoms with van der Waals surface area (Å²) in [6.07, 6.45) is 6.44. The molecule has 2 aromatic carbocycles. The second-order valence-corrected chi connectivity index (χ2v) is 18.9. The lowest BCUT2D eigenvalue weighted by Crippen LogP contribution is -2.71. The highest BCUT2D eigenvalue weighted by Crippen LogP contribution is 2.58. The van der Waals surface area contributed by atoms with Crippen molar-refractivity contribution in [3.8, 4) is 5.75 Å². The Morgan fingerprint density at radius 1 is 0.984 bits per heavy atom. The Morgan fingerprint density at radius 2 is 1.69 bits per heavy atom. The molecule has 3 saturated heterocycles. The molecule has 64 heavy (non-hydrogen) atoms. The number of hydroxylamine groups is 2. The molecule has 2 aromatic rings. The molecule has 5 N–H and O–H groups in total. The summed E-state index contributed by atoms with van der Waals surface area (Å²) in [4.78, 5) is 62.7. The first-order valence-corrected chi connectivity index (χ1v) is 23.2. The summed E-state index contributed by atoms with van der Waals surface area (Å²) in [5.41, 5.74) is 0.0980. The molecule has 15 nitrogen and oxygen atoms in total. The number of para-hydroxylation sites is 1. The number of esters is 2. The van der Waals surface area contributed by atoms with E-state index in [1.165, 1.54) is 12.0 Å². The molecule has 9 atom stereocenters. The summed E-state index contributed by atoms with van der Waals surface area (Å²) in [7, 11) is 0. The number of benzene rings is 2. The third-order valence-electron chi connectivity index (χ3n) is 12.7. The Bertz CT molecular complexity index is 1960. The molecule has 1 saturated carbocycles. The van der Waals surface area contributed by atoms with Crippen LogP contribution in [0.2, 0.25) is 0 Å². The van der Waals surface area contributed by atoms with Gasteiger partial charge in [0.25, 0.3) is 0 Å². The maximum atomic E-state index is 15.2. The van der Waals surface area contributed by atoms with Crippen LogP contribution in [0.4, 0.5) is 0 Å². The summed E-state index contributed by atoms with van der Waals surface area (Å²) < 4.78 is 25.4. The second-order valence-electron chi connectivity index (χ2n) is 18.9. The van der Waals surface area contributed by atoms with Crippen molar-refractivity contribution in [3.63, 3.8) is 0 Å². The first kappa shape index (κ1) is 49.1. The average Bonchev–Trinajstić information content (AvgIpc) is 3.80. The van der Waals surface area contributed by atoms with Gasteiger partial charge in [0, 0.05) is 25.7 Å². The number of carbonyl (C=O) groups is 4. The number of hydrogen-bond donors (Lipinski definition) is 5. The molecule has 0 spiro atoms. The molecule has 4 fully saturated rings. The number of unbranched alkanes of at least 4 members (excludes halogenated alkanes) is 4. The third-order valence-corrected chi connectivity index (χ3v) is 12.7. The predicted molar refractivity (Wildman–Crippen MR) is 237 cm³/mol. The van der Waals surface area contributed by atoms with Crippen molar-refractivity contribution in [1.29, 1.82) is 0 Å². The second kappa shape index (κ2) is 21.3. The molecule has 352 valence electrons. The van der Waals surface area contributed by atoms with Crippen LogP contribution in [0.1, 0.15) is 129 Å². The Balaban J connectivity index is 1.29. The molecule has 0 aromatic heterocycles. The summed E-state index contributed by atoms with van der Waals surface area (Å²) in [6, 6.07) is 11.2. The molecule has 0 radical (unpaired) electrons. The van der Waals surface area contributed by atoms with Crippen LogP contribution < -0.4 is 10.6 Å². The van der Waals surface area contributed by atoms with E-state index in [2.05, 4.69) is 24.5 Å². The lowest BCUT2D eigenvalue weighted by Gasteiger charge is -2.49. The van der Waals surface area contributed by atoms with Crippen molar-refractivity contribution in [2.24, 2.45) is 5.41 Å². The number of hydrogen-bond acceptors (Lipinski definition) is 13. The maximum Gasteiger partial charge on any atom is 0.327 e. The van der Waals surface area contributed by atoms with Gasteiger partial charge in [0.2, 0.25) is 11.8 Å². The van der Waals surface area contributed by atoms with Crippen molar-refractivity contribution in [3.05, 3.63) is 71.3 Å². The van der Waals surface area contributed by atoms with Gasteiger partial charge >= 0.3 is 11.9 Å². The van der Waals surface area contributed by atoms with Crippen molar-refractivity contribution in [1.82, 2.24) is 15.7 Å². The number of nitrogens with zero attached hydrogens (tertiary/aromatic N) is 1. The van der Waals surface area contributed by atoms with Gasteiger partial charge in [-0.1, -0.05) is 94.1 Å². The fraction of sp³-hybridized carbons (Fsp3) is 0.633. The molecule has 4 aliphatic rings. The number of aromatic hydroxyl groups is 1. The number of rotatable bonds is 22. The monoisotopic (exact) mass is 891 g/mol. The molecule has 1 aliphatic carbocycles. The zero-order chi connectivity index (χ0) is 46.2. The zero-order valence-corrected chi connectivity index (χ0v) is 38.3. The number of amides is 2. The van der Waals surface area contributed by atoms with Gasteiger partial charge in [0.1, 0.15) is 47.2 Å². The van der Waals surface area contributed by atoms with Gasteiger partial charge in [-0.3, -0.25) is 24.0 Å². The predicted octanol–water partition coefficient (Wildman–Crippen LogP) is 5.55. The number of aliphatic hydroxyl groups excluding tert-OH is 2. The molecule has 15 heteroatoms. The van der Waals surface area contributed by atoms with E-state index in [1.54, 1.807) is 32.9 Å². The van der Waals surface area contributed by atoms with Crippen LogP contribution in [0.5, 0.6) is 5.75 Å². The lowest BCUT2D eigenvalue weighted by molar-refractivity contribution is -0.224. The molecule has 0 unspecified atom stereocenters. The quantitative estimate of drug-likeness (QED) is 0.0728. The van der Waals surface area contributed by atoms with E-state index >= 15 is 4.79 Å². The van der Waals surface area contributed by atoms with E-state index in [0.717, 1.165) is 55.2 Å². The number of phenolic OH excluding ortho intramolecular Hbond substituents is 1. The largest absolute Gasteiger partial charge is 0.508 e. The summed E-state index contributed by atoms with van der Waals surface area (Å²) >= 11 is 0. The Kier molecular flexibility index (Phi) is 16.3. The Labute approximate surface area is 377 Å². The Hall–Kier alpha value is -4.38. The Morgan fingerprint density at radius 3 is 2.34 bits per heavy atom. The minimum Gasteiger partial charge on any atom is -0.508 e. The molecular weight excluding hydrogens is 823 g/mol. The number of allylic oxidation sites excluding steroid dienone is 1. The van der Waals surface area contributed by atoms with Crippen molar-refractivity contribution in [2.75, 3.05) is 6.61 Å². The minimum absolute atomic E-state index is 0.0132. The molecule has 2 bridgehead atoms. The summed E-state index contributed by atoms with van der Waals surface area (Å²) in [5, 5.41) is 38.4. The highest BCUT2D eigenvalue weighted by molar-refractivity contribution is 5.96. The van der Waals surface area contributed by atoms with Crippen LogP contribution in [-0.4, -0.2) is 111 Å². The first-order valence-electron chi connectivity index (χ1n) is 23.2. The zero-order valence-electron chi connectivity index (χ0n) is 38.3. The fourth-order valence-corrected chi connectivity index (χ4v) is 9.54. The smallest absolute Gasteiger partial charge is 0.327 e. The number of aliphatic hydroxyl groups is 2. The number of fused-ring (bicyclic) bond motifs is 4. The standard InChI is InChI=1S/C49H69N3O12/c1-7-9-13-25-48(26-14-10-8-2)62-40-37-28-49(46(59)51-39(31(3)54)44(57)50-35(30-53)23-24-38(56)61-47(4,5)6)42(45(58)60-37)52(64-43(49)41(40)63-48)29-33-19-15-17-32(27-33)18-16-21-34-20-11-12-22-36(34)55/h11-12,15-20,22,27,31,35,37,39-43,53-55H,7-10,13-14,21,23-26,28-30H2,1-6H3,(H,50,57)(H,51,59)/t31-,35-,37+,39+,40-,41-,42-,43+,49-/m0/s1. The average molecular weight is 892 g/mol. The molecule has 3 aliphatic heterocycles. The number of ether oxygens (including phenoxy) is 4. The molecule has 2 amide bonds. The van der Waals surface area contributed by atoms with Gasteiger partial charge in [0.15, 0.2) is 11.8 Å². The molecule has 3 heterocycles. The van der Waals surface area contributed by atoms with Crippen LogP contribution in [0, 0.1) is 5.41 Å². The van der Waals surface area contributed by atoms with E-state index in [9.17, 15) is 29.7 Å². The number of carbonyl (C=O) groups excluding carboxylic acids is 4. The fourth-order valence-electron chi connectivity index (χ4n) is 9.54. The van der Waals surface area contributed by atoms with Crippen molar-refractivity contribution < 1.29 is 58.3 Å². The van der Waals surface area contributed by atoms with E-state index in [-0.39, 0.29) is 31.6 Å². The van der Waals surface area contributed by atoms with E-state index in [4.69, 9.17) is 23.8 Å². The maximum absolute atomic E-state index is 15.2. The van der Waals surface area contributed by atoms with Gasteiger partial charge in [-0.05, 0) is 76.1 Å². The van der Waals surface area contributed by atoms with Crippen LogP contribution in [0.25, 0.3) is 6.08 Å². The molecule has 6 rings (SSSR count). The van der Waals surface area contributed by atoms with E-state index in [1.807, 2.05) is 48.6 Å². The van der Waals surface area contributed by atoms with Crippen LogP contribution in [0.15, 0.2) is 54.6 Å². The van der Waals surface area contributed by atoms with Gasteiger partial charge < -0.3 is 44.9 Å². The van der Waals surface area contributed by atoms with Gasteiger partial charge in [-0.2, -0.15) is 5.06 Å². The lowest BCUT2D eigenvalue weighted by atomic mass is 9.62. The topological polar surface area (TPSA) is 202 Å². The molecular formula is C49H69N3O12. The number of nitrogens with one attached hydrogen (secondary N) is 2. The summed E-state index contributed by atoms with van der Waals surface area (Å²) in [5.74, 6) is -3.42. The first-order chi connectivity index (χ1) is 30.5. The third kappa shape index (κ3) is 11.3. The van der Waals surface area contributed by atoms with E-state index in [0.29, 0.717) is 19.3 Å². The van der Waals surface area contributed by atoms with Crippen molar-refractivity contribution >= 4 is 29.8 Å².